The molecule has 2 N–H and O–H groups in total. The summed E-state index contributed by atoms with van der Waals surface area (Å²) in [6.45, 7) is 1.26. The van der Waals surface area contributed by atoms with Gasteiger partial charge in [0.2, 0.25) is 0 Å². The molecule has 0 aromatic heterocycles. The normalized spacial score (nSPS) is 22.3. The number of alkyl halides is 3. The predicted molar refractivity (Wildman–Crippen MR) is 46.8 cm³/mol. The number of halogens is 3. The van der Waals surface area contributed by atoms with Gasteiger partial charge in [-0.25, -0.2) is 0 Å². The lowest BCUT2D eigenvalue weighted by molar-refractivity contribution is -0.137. The van der Waals surface area contributed by atoms with Crippen molar-refractivity contribution in [1.82, 2.24) is 0 Å². The Morgan fingerprint density at radius 3 is 2.36 bits per heavy atom. The first-order valence-electron chi connectivity index (χ1n) is 4.89. The molecule has 0 spiro atoms. The maximum atomic E-state index is 11.9. The van der Waals surface area contributed by atoms with Gasteiger partial charge in [0.05, 0.1) is 0 Å². The van der Waals surface area contributed by atoms with Gasteiger partial charge in [0.1, 0.15) is 0 Å². The molecule has 0 aliphatic carbocycles. The van der Waals surface area contributed by atoms with E-state index in [0.717, 1.165) is 12.8 Å². The second-order valence-electron chi connectivity index (χ2n) is 3.77. The van der Waals surface area contributed by atoms with Crippen molar-refractivity contribution in [1.29, 1.82) is 0 Å². The number of nitrogens with two attached hydrogens (primary N) is 1. The molecule has 5 heteroatoms. The molecule has 1 aliphatic heterocycles. The highest BCUT2D eigenvalue weighted by molar-refractivity contribution is 4.76. The fraction of sp³-hybridized carbons (Fsp3) is 1.00. The minimum atomic E-state index is -4.08. The molecule has 84 valence electrons. The van der Waals surface area contributed by atoms with E-state index in [1.165, 1.54) is 0 Å². The zero-order valence-electron chi connectivity index (χ0n) is 8.02. The molecule has 1 unspecified atom stereocenters. The monoisotopic (exact) mass is 211 g/mol. The molecule has 1 atom stereocenters. The second-order valence-corrected chi connectivity index (χ2v) is 3.77. The van der Waals surface area contributed by atoms with Crippen molar-refractivity contribution in [3.05, 3.63) is 0 Å². The van der Waals surface area contributed by atoms with Gasteiger partial charge in [-0.1, -0.05) is 0 Å². The molecular formula is C9H16F3NO. The Labute approximate surface area is 81.6 Å². The summed E-state index contributed by atoms with van der Waals surface area (Å²) >= 11 is 0. The Bertz CT molecular complexity index is 166. The third-order valence-corrected chi connectivity index (χ3v) is 2.63. The van der Waals surface area contributed by atoms with Crippen LogP contribution in [0.2, 0.25) is 0 Å². The molecule has 0 aromatic rings. The SMILES string of the molecule is NC(CCC(F)(F)F)C1CCOCC1. The van der Waals surface area contributed by atoms with E-state index < -0.39 is 12.6 Å². The summed E-state index contributed by atoms with van der Waals surface area (Å²) in [5, 5.41) is 0. The molecule has 1 saturated heterocycles. The average molecular weight is 211 g/mol. The Hall–Kier alpha value is -0.290. The molecule has 1 aliphatic rings. The Balaban J connectivity index is 2.23. The maximum absolute atomic E-state index is 11.9. The van der Waals surface area contributed by atoms with Crippen molar-refractivity contribution in [3.8, 4) is 0 Å². The number of hydrogen-bond donors (Lipinski definition) is 1. The van der Waals surface area contributed by atoms with Gasteiger partial charge < -0.3 is 10.5 Å². The van der Waals surface area contributed by atoms with Crippen molar-refractivity contribution in [2.24, 2.45) is 11.7 Å². The van der Waals surface area contributed by atoms with E-state index in [2.05, 4.69) is 0 Å². The predicted octanol–water partition coefficient (Wildman–Crippen LogP) is 2.08. The van der Waals surface area contributed by atoms with Crippen LogP contribution in [0.3, 0.4) is 0 Å². The van der Waals surface area contributed by atoms with E-state index in [0.29, 0.717) is 13.2 Å². The molecule has 0 bridgehead atoms. The first-order chi connectivity index (χ1) is 6.49. The molecule has 0 amide bonds. The molecule has 2 nitrogen and oxygen atoms in total. The Morgan fingerprint density at radius 1 is 1.29 bits per heavy atom. The highest BCUT2D eigenvalue weighted by Gasteiger charge is 2.30. The summed E-state index contributed by atoms with van der Waals surface area (Å²) in [7, 11) is 0. The smallest absolute Gasteiger partial charge is 0.381 e. The maximum Gasteiger partial charge on any atom is 0.389 e. The molecule has 1 rings (SSSR count). The van der Waals surface area contributed by atoms with Crippen molar-refractivity contribution < 1.29 is 17.9 Å². The van der Waals surface area contributed by atoms with Gasteiger partial charge in [0, 0.05) is 25.7 Å². The quantitative estimate of drug-likeness (QED) is 0.775. The summed E-state index contributed by atoms with van der Waals surface area (Å²) in [4.78, 5) is 0. The molecule has 0 saturated carbocycles. The van der Waals surface area contributed by atoms with Gasteiger partial charge in [-0.05, 0) is 25.2 Å². The molecule has 0 radical (unpaired) electrons. The molecular weight excluding hydrogens is 195 g/mol. The zero-order valence-corrected chi connectivity index (χ0v) is 8.02. The van der Waals surface area contributed by atoms with Crippen molar-refractivity contribution in [3.63, 3.8) is 0 Å². The van der Waals surface area contributed by atoms with Gasteiger partial charge in [-0.15, -0.1) is 0 Å². The topological polar surface area (TPSA) is 35.2 Å². The van der Waals surface area contributed by atoms with Crippen molar-refractivity contribution in [2.45, 2.75) is 37.9 Å². The zero-order chi connectivity index (χ0) is 10.6. The fourth-order valence-electron chi connectivity index (χ4n) is 1.71. The summed E-state index contributed by atoms with van der Waals surface area (Å²) in [5.74, 6) is 0.200. The van der Waals surface area contributed by atoms with Crippen LogP contribution in [0, 0.1) is 5.92 Å². The van der Waals surface area contributed by atoms with Gasteiger partial charge in [-0.2, -0.15) is 13.2 Å². The van der Waals surface area contributed by atoms with E-state index >= 15 is 0 Å². The lowest BCUT2D eigenvalue weighted by Gasteiger charge is -2.27. The molecule has 0 aromatic carbocycles. The van der Waals surface area contributed by atoms with E-state index in [4.69, 9.17) is 10.5 Å². The standard InChI is InChI=1S/C9H16F3NO/c10-9(11,12)4-1-8(13)7-2-5-14-6-3-7/h7-8H,1-6,13H2. The van der Waals surface area contributed by atoms with Crippen molar-refractivity contribution in [2.75, 3.05) is 13.2 Å². The first kappa shape index (κ1) is 11.8. The fourth-order valence-corrected chi connectivity index (χ4v) is 1.71. The Kier molecular flexibility index (Phi) is 4.19. The van der Waals surface area contributed by atoms with Crippen LogP contribution in [0.25, 0.3) is 0 Å². The lowest BCUT2D eigenvalue weighted by Crippen LogP contribution is -2.35. The molecule has 14 heavy (non-hydrogen) atoms. The molecule has 1 heterocycles. The summed E-state index contributed by atoms with van der Waals surface area (Å²) < 4.78 is 40.8. The van der Waals surface area contributed by atoms with Crippen LogP contribution in [-0.4, -0.2) is 25.4 Å². The summed E-state index contributed by atoms with van der Waals surface area (Å²) in [6.07, 6.45) is -3.24. The van der Waals surface area contributed by atoms with E-state index in [1.54, 1.807) is 0 Å². The minimum Gasteiger partial charge on any atom is -0.381 e. The van der Waals surface area contributed by atoms with Crippen LogP contribution in [-0.2, 0) is 4.74 Å². The van der Waals surface area contributed by atoms with Crippen LogP contribution >= 0.6 is 0 Å². The van der Waals surface area contributed by atoms with Gasteiger partial charge in [-0.3, -0.25) is 0 Å². The number of ether oxygens (including phenoxy) is 1. The number of hydrogen-bond acceptors (Lipinski definition) is 2. The van der Waals surface area contributed by atoms with Crippen LogP contribution in [0.4, 0.5) is 13.2 Å². The van der Waals surface area contributed by atoms with Crippen LogP contribution in [0.1, 0.15) is 25.7 Å². The van der Waals surface area contributed by atoms with E-state index in [9.17, 15) is 13.2 Å². The van der Waals surface area contributed by atoms with Crippen LogP contribution in [0.15, 0.2) is 0 Å². The van der Waals surface area contributed by atoms with E-state index in [1.807, 2.05) is 0 Å². The first-order valence-corrected chi connectivity index (χ1v) is 4.89. The summed E-state index contributed by atoms with van der Waals surface area (Å²) in [6, 6.07) is -0.333. The van der Waals surface area contributed by atoms with Crippen LogP contribution < -0.4 is 5.73 Å². The summed E-state index contributed by atoms with van der Waals surface area (Å²) in [5.41, 5.74) is 5.70. The largest absolute Gasteiger partial charge is 0.389 e. The third-order valence-electron chi connectivity index (χ3n) is 2.63. The van der Waals surface area contributed by atoms with Crippen LogP contribution in [0.5, 0.6) is 0 Å². The van der Waals surface area contributed by atoms with Crippen molar-refractivity contribution >= 4 is 0 Å². The van der Waals surface area contributed by atoms with Gasteiger partial charge in [0.15, 0.2) is 0 Å². The lowest BCUT2D eigenvalue weighted by atomic mass is 9.89. The average Bonchev–Trinajstić information content (AvgIpc) is 2.14. The number of rotatable bonds is 3. The van der Waals surface area contributed by atoms with E-state index in [-0.39, 0.29) is 18.4 Å². The highest BCUT2D eigenvalue weighted by atomic mass is 19.4. The third kappa shape index (κ3) is 4.28. The second kappa shape index (κ2) is 4.98. The highest BCUT2D eigenvalue weighted by Crippen LogP contribution is 2.26. The van der Waals surface area contributed by atoms with Gasteiger partial charge in [0.25, 0.3) is 0 Å². The Morgan fingerprint density at radius 2 is 1.86 bits per heavy atom. The minimum absolute atomic E-state index is 0.0359. The molecule has 1 fully saturated rings. The van der Waals surface area contributed by atoms with Gasteiger partial charge >= 0.3 is 6.18 Å².